The van der Waals surface area contributed by atoms with Crippen LogP contribution in [0.2, 0.25) is 0 Å². The second kappa shape index (κ2) is 8.34. The highest BCUT2D eigenvalue weighted by molar-refractivity contribution is 5.89. The number of aryl methyl sites for hydroxylation is 2. The molecular formula is C22H23NO2. The van der Waals surface area contributed by atoms with Crippen molar-refractivity contribution in [2.24, 2.45) is 0 Å². The summed E-state index contributed by atoms with van der Waals surface area (Å²) in [5.41, 5.74) is 4.82. The Labute approximate surface area is 148 Å². The second-order valence-corrected chi connectivity index (χ2v) is 6.04. The maximum Gasteiger partial charge on any atom is 0.330 e. The lowest BCUT2D eigenvalue weighted by Crippen LogP contribution is -1.98. The van der Waals surface area contributed by atoms with Crippen LogP contribution in [0.4, 0.5) is 0 Å². The maximum absolute atomic E-state index is 11.5. The van der Waals surface area contributed by atoms with Crippen molar-refractivity contribution in [1.82, 2.24) is 4.98 Å². The Morgan fingerprint density at radius 2 is 1.96 bits per heavy atom. The first-order valence-corrected chi connectivity index (χ1v) is 8.75. The van der Waals surface area contributed by atoms with E-state index in [1.165, 1.54) is 22.6 Å². The molecule has 3 heteroatoms. The minimum atomic E-state index is -0.306. The van der Waals surface area contributed by atoms with Crippen molar-refractivity contribution < 1.29 is 9.53 Å². The third-order valence-electron chi connectivity index (χ3n) is 4.24. The van der Waals surface area contributed by atoms with Gasteiger partial charge in [-0.1, -0.05) is 36.4 Å². The smallest absolute Gasteiger partial charge is 0.330 e. The number of fused-ring (bicyclic) bond motifs is 1. The van der Waals surface area contributed by atoms with Gasteiger partial charge in [0.2, 0.25) is 0 Å². The summed E-state index contributed by atoms with van der Waals surface area (Å²) in [5.74, 6) is -0.306. The van der Waals surface area contributed by atoms with Crippen LogP contribution in [-0.2, 0) is 22.4 Å². The number of hydrogen-bond acceptors (Lipinski definition) is 2. The summed E-state index contributed by atoms with van der Waals surface area (Å²) in [4.78, 5) is 14.8. The highest BCUT2D eigenvalue weighted by Gasteiger charge is 2.05. The normalized spacial score (nSPS) is 11.2. The quantitative estimate of drug-likeness (QED) is 0.492. The summed E-state index contributed by atoms with van der Waals surface area (Å²) in [6.45, 7) is 2.20. The van der Waals surface area contributed by atoms with Gasteiger partial charge in [0.05, 0.1) is 6.61 Å². The zero-order chi connectivity index (χ0) is 17.5. The topological polar surface area (TPSA) is 42.1 Å². The van der Waals surface area contributed by atoms with Crippen LogP contribution in [0.5, 0.6) is 0 Å². The number of esters is 1. The summed E-state index contributed by atoms with van der Waals surface area (Å²) in [5, 5.41) is 1.22. The fourth-order valence-corrected chi connectivity index (χ4v) is 2.99. The van der Waals surface area contributed by atoms with Crippen LogP contribution >= 0.6 is 0 Å². The fourth-order valence-electron chi connectivity index (χ4n) is 2.99. The number of nitrogens with one attached hydrogen (secondary N) is 1. The van der Waals surface area contributed by atoms with E-state index in [1.807, 2.05) is 6.07 Å². The Morgan fingerprint density at radius 3 is 2.76 bits per heavy atom. The predicted molar refractivity (Wildman–Crippen MR) is 102 cm³/mol. The Balaban J connectivity index is 1.69. The van der Waals surface area contributed by atoms with Gasteiger partial charge in [0.15, 0.2) is 0 Å². The molecule has 3 nitrogen and oxygen atoms in total. The van der Waals surface area contributed by atoms with Crippen molar-refractivity contribution in [1.29, 1.82) is 0 Å². The van der Waals surface area contributed by atoms with Gasteiger partial charge in [-0.3, -0.25) is 0 Å². The SMILES string of the molecule is CCOC(=O)/C=C/c1ccc2[nH]cc(CCCc3ccccc3)c2c1. The molecule has 0 bridgehead atoms. The molecule has 3 rings (SSSR count). The van der Waals surface area contributed by atoms with Gasteiger partial charge in [0, 0.05) is 23.2 Å². The van der Waals surface area contributed by atoms with Gasteiger partial charge < -0.3 is 9.72 Å². The zero-order valence-electron chi connectivity index (χ0n) is 14.5. The van der Waals surface area contributed by atoms with Crippen molar-refractivity contribution in [3.63, 3.8) is 0 Å². The number of carbonyl (C=O) groups is 1. The molecule has 1 aromatic heterocycles. The monoisotopic (exact) mass is 333 g/mol. The van der Waals surface area contributed by atoms with Crippen molar-refractivity contribution in [3.8, 4) is 0 Å². The summed E-state index contributed by atoms with van der Waals surface area (Å²) in [7, 11) is 0. The Bertz CT molecular complexity index is 862. The largest absolute Gasteiger partial charge is 0.463 e. The lowest BCUT2D eigenvalue weighted by Gasteiger charge is -2.02. The maximum atomic E-state index is 11.5. The van der Waals surface area contributed by atoms with E-state index >= 15 is 0 Å². The molecule has 0 saturated carbocycles. The summed E-state index contributed by atoms with van der Waals surface area (Å²) in [6, 6.07) is 16.8. The third kappa shape index (κ3) is 4.60. The minimum Gasteiger partial charge on any atom is -0.463 e. The van der Waals surface area contributed by atoms with Crippen molar-refractivity contribution >= 4 is 22.9 Å². The van der Waals surface area contributed by atoms with Gasteiger partial charge >= 0.3 is 5.97 Å². The van der Waals surface area contributed by atoms with E-state index in [4.69, 9.17) is 4.74 Å². The fraction of sp³-hybridized carbons (Fsp3) is 0.227. The van der Waals surface area contributed by atoms with E-state index in [1.54, 1.807) is 13.0 Å². The number of carbonyl (C=O) groups excluding carboxylic acids is 1. The van der Waals surface area contributed by atoms with Crippen LogP contribution in [0, 0.1) is 0 Å². The molecule has 0 saturated heterocycles. The zero-order valence-corrected chi connectivity index (χ0v) is 14.5. The molecule has 3 aromatic rings. The molecule has 0 aliphatic carbocycles. The molecule has 25 heavy (non-hydrogen) atoms. The average molecular weight is 333 g/mol. The molecular weight excluding hydrogens is 310 g/mol. The van der Waals surface area contributed by atoms with Crippen LogP contribution in [0.3, 0.4) is 0 Å². The molecule has 0 aliphatic heterocycles. The molecule has 2 aromatic carbocycles. The second-order valence-electron chi connectivity index (χ2n) is 6.04. The summed E-state index contributed by atoms with van der Waals surface area (Å²) < 4.78 is 4.92. The van der Waals surface area contributed by atoms with Gasteiger partial charge in [0.1, 0.15) is 0 Å². The molecule has 1 heterocycles. The molecule has 0 unspecified atom stereocenters. The van der Waals surface area contributed by atoms with E-state index in [0.29, 0.717) is 6.61 Å². The lowest BCUT2D eigenvalue weighted by atomic mass is 10.0. The molecule has 0 spiro atoms. The third-order valence-corrected chi connectivity index (χ3v) is 4.24. The van der Waals surface area contributed by atoms with Crippen LogP contribution in [-0.4, -0.2) is 17.6 Å². The number of aromatic nitrogens is 1. The van der Waals surface area contributed by atoms with Crippen molar-refractivity contribution in [2.75, 3.05) is 6.61 Å². The molecule has 0 amide bonds. The highest BCUT2D eigenvalue weighted by Crippen LogP contribution is 2.22. The van der Waals surface area contributed by atoms with Crippen LogP contribution < -0.4 is 0 Å². The minimum absolute atomic E-state index is 0.306. The van der Waals surface area contributed by atoms with E-state index in [2.05, 4.69) is 53.6 Å². The van der Waals surface area contributed by atoms with E-state index < -0.39 is 0 Å². The first kappa shape index (κ1) is 17.0. The first-order chi connectivity index (χ1) is 12.3. The Hall–Kier alpha value is -2.81. The summed E-state index contributed by atoms with van der Waals surface area (Å²) in [6.07, 6.45) is 8.59. The van der Waals surface area contributed by atoms with Crippen LogP contribution in [0.1, 0.15) is 30.0 Å². The standard InChI is InChI=1S/C22H23NO2/c1-2-25-22(24)14-12-18-11-13-21-20(15-18)19(16-23-21)10-6-9-17-7-4-3-5-8-17/h3-5,7-8,11-16,23H,2,6,9-10H2,1H3/b14-12+. The molecule has 1 N–H and O–H groups in total. The van der Waals surface area contributed by atoms with Crippen LogP contribution in [0.15, 0.2) is 60.8 Å². The van der Waals surface area contributed by atoms with E-state index in [9.17, 15) is 4.79 Å². The number of hydrogen-bond donors (Lipinski definition) is 1. The molecule has 0 fully saturated rings. The van der Waals surface area contributed by atoms with Crippen LogP contribution in [0.25, 0.3) is 17.0 Å². The van der Waals surface area contributed by atoms with Gasteiger partial charge in [-0.15, -0.1) is 0 Å². The first-order valence-electron chi connectivity index (χ1n) is 8.75. The van der Waals surface area contributed by atoms with Gasteiger partial charge in [-0.25, -0.2) is 4.79 Å². The Kier molecular flexibility index (Phi) is 5.68. The predicted octanol–water partition coefficient (Wildman–Crippen LogP) is 4.92. The lowest BCUT2D eigenvalue weighted by molar-refractivity contribution is -0.137. The van der Waals surface area contributed by atoms with Crippen molar-refractivity contribution in [3.05, 3.63) is 77.5 Å². The molecule has 128 valence electrons. The number of ether oxygens (including phenoxy) is 1. The molecule has 0 atom stereocenters. The Morgan fingerprint density at radius 1 is 1.12 bits per heavy atom. The average Bonchev–Trinajstić information content (AvgIpc) is 3.04. The summed E-state index contributed by atoms with van der Waals surface area (Å²) >= 11 is 0. The number of aromatic amines is 1. The van der Waals surface area contributed by atoms with E-state index in [-0.39, 0.29) is 5.97 Å². The van der Waals surface area contributed by atoms with Gasteiger partial charge in [-0.05, 0) is 61.1 Å². The number of H-pyrrole nitrogens is 1. The van der Waals surface area contributed by atoms with Gasteiger partial charge in [0.25, 0.3) is 0 Å². The highest BCUT2D eigenvalue weighted by atomic mass is 16.5. The van der Waals surface area contributed by atoms with E-state index in [0.717, 1.165) is 30.3 Å². The molecule has 0 radical (unpaired) electrons. The number of rotatable bonds is 7. The number of benzene rings is 2. The van der Waals surface area contributed by atoms with Crippen molar-refractivity contribution in [2.45, 2.75) is 26.2 Å². The van der Waals surface area contributed by atoms with Gasteiger partial charge in [-0.2, -0.15) is 0 Å². The molecule has 0 aliphatic rings.